The second-order valence-electron chi connectivity index (χ2n) is 8.56. The van der Waals surface area contributed by atoms with Gasteiger partial charge in [-0.05, 0) is 24.3 Å². The van der Waals surface area contributed by atoms with Gasteiger partial charge in [-0.25, -0.2) is 18.9 Å². The zero-order valence-electron chi connectivity index (χ0n) is 19.3. The number of hydrogen-bond acceptors (Lipinski definition) is 6. The van der Waals surface area contributed by atoms with Gasteiger partial charge in [-0.15, -0.1) is 0 Å². The van der Waals surface area contributed by atoms with Crippen molar-refractivity contribution < 1.29 is 27.0 Å². The Bertz CT molecular complexity index is 1680. The number of rotatable bonds is 6. The van der Waals surface area contributed by atoms with Crippen molar-refractivity contribution in [3.63, 3.8) is 0 Å². The first kappa shape index (κ1) is 23.7. The molecular formula is C25H18F4N6O3. The number of fused-ring (bicyclic) bond motifs is 1. The monoisotopic (exact) mass is 526 g/mol. The Labute approximate surface area is 211 Å². The Kier molecular flexibility index (Phi) is 5.64. The first-order chi connectivity index (χ1) is 18.3. The number of nitrogens with one attached hydrogen (secondary N) is 3. The Morgan fingerprint density at radius 2 is 1.89 bits per heavy atom. The van der Waals surface area contributed by atoms with Crippen LogP contribution in [0.3, 0.4) is 0 Å². The number of aromatic nitrogens is 5. The fraction of sp³-hybridized carbons (Fsp3) is 0.160. The summed E-state index contributed by atoms with van der Waals surface area (Å²) in [4.78, 5) is 20.6. The summed E-state index contributed by atoms with van der Waals surface area (Å²) in [6, 6.07) is 13.0. The highest BCUT2D eigenvalue weighted by Crippen LogP contribution is 2.42. The van der Waals surface area contributed by atoms with Crippen molar-refractivity contribution in [3.05, 3.63) is 94.5 Å². The minimum absolute atomic E-state index is 0.116. The van der Waals surface area contributed by atoms with Crippen LogP contribution in [0.15, 0.2) is 71.8 Å². The number of anilines is 1. The summed E-state index contributed by atoms with van der Waals surface area (Å²) >= 11 is 0. The predicted molar refractivity (Wildman–Crippen MR) is 128 cm³/mol. The van der Waals surface area contributed by atoms with E-state index in [-0.39, 0.29) is 40.5 Å². The number of hydrogen-bond donors (Lipinski definition) is 3. The zero-order chi connectivity index (χ0) is 26.4. The van der Waals surface area contributed by atoms with Gasteiger partial charge in [0.25, 0.3) is 0 Å². The van der Waals surface area contributed by atoms with E-state index in [4.69, 9.17) is 9.47 Å². The number of ether oxygens (including phenoxy) is 2. The van der Waals surface area contributed by atoms with Crippen LogP contribution in [0.1, 0.15) is 17.4 Å². The lowest BCUT2D eigenvalue weighted by Crippen LogP contribution is -2.44. The van der Waals surface area contributed by atoms with Gasteiger partial charge in [-0.3, -0.25) is 4.98 Å². The largest absolute Gasteiger partial charge is 0.452 e. The van der Waals surface area contributed by atoms with Crippen LogP contribution in [0.5, 0.6) is 11.5 Å². The van der Waals surface area contributed by atoms with Gasteiger partial charge < -0.3 is 19.8 Å². The number of pyridine rings is 1. The van der Waals surface area contributed by atoms with Gasteiger partial charge in [0.05, 0.1) is 24.5 Å². The Morgan fingerprint density at radius 3 is 2.61 bits per heavy atom. The molecule has 1 aliphatic heterocycles. The standard InChI is InChI=1S/C25H18F4N6O3/c26-16-10-13(6-7-18(16)38-19-8-9-30-23-20(19)33-24(36)34-23)32-17-12-37-21(17)15-11-31-35(22(15)25(27,28)29)14-4-2-1-3-5-14/h1-11,17,21,32H,12H2,(H2,30,33,34,36). The molecule has 3 aromatic heterocycles. The van der Waals surface area contributed by atoms with Crippen molar-refractivity contribution in [1.29, 1.82) is 0 Å². The molecule has 0 radical (unpaired) electrons. The van der Waals surface area contributed by atoms with Crippen LogP contribution in [-0.2, 0) is 10.9 Å². The molecule has 38 heavy (non-hydrogen) atoms. The van der Waals surface area contributed by atoms with Gasteiger partial charge in [-0.2, -0.15) is 18.3 Å². The number of aromatic amines is 2. The van der Waals surface area contributed by atoms with Gasteiger partial charge in [-0.1, -0.05) is 18.2 Å². The van der Waals surface area contributed by atoms with Crippen LogP contribution >= 0.6 is 0 Å². The minimum atomic E-state index is -4.68. The first-order valence-electron chi connectivity index (χ1n) is 11.4. The van der Waals surface area contributed by atoms with Crippen molar-refractivity contribution in [2.45, 2.75) is 18.3 Å². The van der Waals surface area contributed by atoms with Crippen LogP contribution in [0.4, 0.5) is 23.2 Å². The van der Waals surface area contributed by atoms with Crippen LogP contribution in [0.25, 0.3) is 16.9 Å². The average molecular weight is 526 g/mol. The van der Waals surface area contributed by atoms with Crippen molar-refractivity contribution >= 4 is 16.9 Å². The highest BCUT2D eigenvalue weighted by molar-refractivity contribution is 5.77. The number of benzene rings is 2. The Balaban J connectivity index is 1.23. The molecule has 4 heterocycles. The summed E-state index contributed by atoms with van der Waals surface area (Å²) < 4.78 is 69.0. The smallest absolute Gasteiger partial charge is 0.433 e. The Hall–Kier alpha value is -4.65. The molecule has 2 atom stereocenters. The SMILES string of the molecule is O=c1[nH]c2nccc(Oc3ccc(NC4COC4c4cnn(-c5ccccc5)c4C(F)(F)F)cc3F)c2[nH]1. The third kappa shape index (κ3) is 4.26. The maximum absolute atomic E-state index is 14.9. The fourth-order valence-electron chi connectivity index (χ4n) is 4.33. The number of H-pyrrole nitrogens is 2. The lowest BCUT2D eigenvalue weighted by molar-refractivity contribution is -0.147. The summed E-state index contributed by atoms with van der Waals surface area (Å²) in [6.45, 7) is 0.119. The van der Waals surface area contributed by atoms with Gasteiger partial charge in [0.1, 0.15) is 11.6 Å². The van der Waals surface area contributed by atoms with Crippen molar-refractivity contribution in [2.75, 3.05) is 11.9 Å². The summed E-state index contributed by atoms with van der Waals surface area (Å²) in [6.07, 6.45) is -3.08. The van der Waals surface area contributed by atoms with E-state index in [0.717, 1.165) is 10.9 Å². The fourth-order valence-corrected chi connectivity index (χ4v) is 4.33. The molecule has 6 rings (SSSR count). The van der Waals surface area contributed by atoms with Crippen LogP contribution in [-0.4, -0.2) is 37.4 Å². The maximum Gasteiger partial charge on any atom is 0.433 e. The number of alkyl halides is 3. The first-order valence-corrected chi connectivity index (χ1v) is 11.4. The molecule has 0 aliphatic carbocycles. The molecule has 194 valence electrons. The van der Waals surface area contributed by atoms with E-state index >= 15 is 0 Å². The molecule has 13 heteroatoms. The lowest BCUT2D eigenvalue weighted by Gasteiger charge is -2.38. The molecule has 5 aromatic rings. The molecule has 2 unspecified atom stereocenters. The number of halogens is 4. The van der Waals surface area contributed by atoms with E-state index in [1.807, 2.05) is 0 Å². The second kappa shape index (κ2) is 9.03. The second-order valence-corrected chi connectivity index (χ2v) is 8.56. The molecule has 2 aromatic carbocycles. The van der Waals surface area contributed by atoms with Crippen LogP contribution in [0, 0.1) is 5.82 Å². The summed E-state index contributed by atoms with van der Waals surface area (Å²) in [5.41, 5.74) is -0.394. The summed E-state index contributed by atoms with van der Waals surface area (Å²) in [7, 11) is 0. The van der Waals surface area contributed by atoms with Gasteiger partial charge in [0.2, 0.25) is 0 Å². The summed E-state index contributed by atoms with van der Waals surface area (Å²) in [5, 5.41) is 7.00. The summed E-state index contributed by atoms with van der Waals surface area (Å²) in [5.74, 6) is -0.645. The third-order valence-electron chi connectivity index (χ3n) is 6.08. The predicted octanol–water partition coefficient (Wildman–Crippen LogP) is 4.94. The van der Waals surface area contributed by atoms with Gasteiger partial charge >= 0.3 is 11.9 Å². The molecule has 1 aliphatic rings. The number of para-hydroxylation sites is 1. The average Bonchev–Trinajstić information content (AvgIpc) is 3.48. The third-order valence-corrected chi connectivity index (χ3v) is 6.08. The van der Waals surface area contributed by atoms with E-state index in [2.05, 4.69) is 25.4 Å². The Morgan fingerprint density at radius 1 is 1.08 bits per heavy atom. The molecule has 1 saturated heterocycles. The topological polar surface area (TPSA) is 110 Å². The van der Waals surface area contributed by atoms with E-state index in [9.17, 15) is 22.4 Å². The van der Waals surface area contributed by atoms with E-state index < -0.39 is 35.5 Å². The molecule has 0 bridgehead atoms. The highest BCUT2D eigenvalue weighted by atomic mass is 19.4. The van der Waals surface area contributed by atoms with Gasteiger partial charge in [0, 0.05) is 29.6 Å². The van der Waals surface area contributed by atoms with Crippen LogP contribution < -0.4 is 15.7 Å². The quantitative estimate of drug-likeness (QED) is 0.271. The van der Waals surface area contributed by atoms with Crippen LogP contribution in [0.2, 0.25) is 0 Å². The molecule has 0 amide bonds. The minimum Gasteiger partial charge on any atom is -0.452 e. The normalized spacial score (nSPS) is 17.4. The molecule has 0 saturated carbocycles. The van der Waals surface area contributed by atoms with Crippen molar-refractivity contribution in [2.24, 2.45) is 0 Å². The molecular weight excluding hydrogens is 508 g/mol. The van der Waals surface area contributed by atoms with Crippen molar-refractivity contribution in [1.82, 2.24) is 24.7 Å². The molecule has 3 N–H and O–H groups in total. The van der Waals surface area contributed by atoms with E-state index in [1.165, 1.54) is 42.6 Å². The lowest BCUT2D eigenvalue weighted by atomic mass is 9.97. The van der Waals surface area contributed by atoms with E-state index in [1.54, 1.807) is 18.2 Å². The van der Waals surface area contributed by atoms with E-state index in [0.29, 0.717) is 5.69 Å². The zero-order valence-corrected chi connectivity index (χ0v) is 19.3. The molecule has 0 spiro atoms. The van der Waals surface area contributed by atoms with Crippen molar-refractivity contribution in [3.8, 4) is 17.2 Å². The highest BCUT2D eigenvalue weighted by Gasteiger charge is 2.45. The molecule has 1 fully saturated rings. The molecule has 9 nitrogen and oxygen atoms in total. The number of imidazole rings is 1. The maximum atomic E-state index is 14.9. The van der Waals surface area contributed by atoms with Gasteiger partial charge in [0.15, 0.2) is 28.7 Å². The number of nitrogens with zero attached hydrogens (tertiary/aromatic N) is 3.